The summed E-state index contributed by atoms with van der Waals surface area (Å²) in [5.74, 6) is -0.400. The summed E-state index contributed by atoms with van der Waals surface area (Å²) in [6.07, 6.45) is 0.730. The van der Waals surface area contributed by atoms with Crippen molar-refractivity contribution in [1.82, 2.24) is 10.6 Å². The molecule has 0 unspecified atom stereocenters. The van der Waals surface area contributed by atoms with Gasteiger partial charge in [-0.05, 0) is 24.1 Å². The number of benzene rings is 2. The Morgan fingerprint density at radius 3 is 2.10 bits per heavy atom. The number of amides is 3. The first-order valence-electron chi connectivity index (χ1n) is 6.44. The second-order valence-electron chi connectivity index (χ2n) is 4.31. The smallest absolute Gasteiger partial charge is 0.321 e. The van der Waals surface area contributed by atoms with Gasteiger partial charge >= 0.3 is 6.03 Å². The van der Waals surface area contributed by atoms with Crippen molar-refractivity contribution < 1.29 is 9.59 Å². The Balaban J connectivity index is 1.74. The molecular weight excluding hydrogens is 252 g/mol. The molecule has 2 aromatic rings. The fourth-order valence-electron chi connectivity index (χ4n) is 1.77. The summed E-state index contributed by atoms with van der Waals surface area (Å²) in [7, 11) is 0. The molecule has 2 rings (SSSR count). The van der Waals surface area contributed by atoms with Crippen molar-refractivity contribution in [2.24, 2.45) is 0 Å². The van der Waals surface area contributed by atoms with Gasteiger partial charge in [0.1, 0.15) is 0 Å². The summed E-state index contributed by atoms with van der Waals surface area (Å²) in [4.78, 5) is 23.3. The zero-order chi connectivity index (χ0) is 14.2. The Morgan fingerprint density at radius 1 is 0.850 bits per heavy atom. The van der Waals surface area contributed by atoms with Crippen LogP contribution in [0.1, 0.15) is 15.9 Å². The molecule has 4 heteroatoms. The summed E-state index contributed by atoms with van der Waals surface area (Å²) in [6.45, 7) is 0.484. The third-order valence-corrected chi connectivity index (χ3v) is 2.81. The molecule has 2 N–H and O–H groups in total. The topological polar surface area (TPSA) is 58.2 Å². The average Bonchev–Trinajstić information content (AvgIpc) is 2.49. The predicted molar refractivity (Wildman–Crippen MR) is 77.5 cm³/mol. The maximum absolute atomic E-state index is 11.7. The van der Waals surface area contributed by atoms with E-state index >= 15 is 0 Å². The summed E-state index contributed by atoms with van der Waals surface area (Å²) >= 11 is 0. The van der Waals surface area contributed by atoms with Gasteiger partial charge in [0.05, 0.1) is 0 Å². The van der Waals surface area contributed by atoms with Crippen molar-refractivity contribution in [1.29, 1.82) is 0 Å². The SMILES string of the molecule is O=C(NCCc1ccccc1)NC(=O)c1ccccc1. The molecule has 0 spiro atoms. The Labute approximate surface area is 117 Å². The zero-order valence-corrected chi connectivity index (χ0v) is 11.0. The Bertz CT molecular complexity index is 568. The highest BCUT2D eigenvalue weighted by atomic mass is 16.2. The van der Waals surface area contributed by atoms with Crippen molar-refractivity contribution in [2.75, 3.05) is 6.54 Å². The van der Waals surface area contributed by atoms with Crippen molar-refractivity contribution in [3.05, 3.63) is 71.8 Å². The van der Waals surface area contributed by atoms with E-state index in [1.54, 1.807) is 24.3 Å². The van der Waals surface area contributed by atoms with Crippen LogP contribution in [-0.2, 0) is 6.42 Å². The van der Waals surface area contributed by atoms with Crippen LogP contribution in [0.5, 0.6) is 0 Å². The lowest BCUT2D eigenvalue weighted by Crippen LogP contribution is -2.40. The molecule has 0 saturated heterocycles. The van der Waals surface area contributed by atoms with Crippen LogP contribution < -0.4 is 10.6 Å². The number of rotatable bonds is 4. The molecule has 0 radical (unpaired) electrons. The van der Waals surface area contributed by atoms with E-state index in [1.807, 2.05) is 36.4 Å². The van der Waals surface area contributed by atoms with E-state index < -0.39 is 11.9 Å². The van der Waals surface area contributed by atoms with Crippen molar-refractivity contribution >= 4 is 11.9 Å². The molecule has 102 valence electrons. The Kier molecular flexibility index (Phi) is 4.89. The zero-order valence-electron chi connectivity index (χ0n) is 11.0. The van der Waals surface area contributed by atoms with E-state index in [9.17, 15) is 9.59 Å². The second kappa shape index (κ2) is 7.09. The molecular formula is C16H16N2O2. The quantitative estimate of drug-likeness (QED) is 0.894. The van der Waals surface area contributed by atoms with Gasteiger partial charge in [-0.15, -0.1) is 0 Å². The second-order valence-corrected chi connectivity index (χ2v) is 4.31. The van der Waals surface area contributed by atoms with E-state index in [-0.39, 0.29) is 0 Å². The van der Waals surface area contributed by atoms with Gasteiger partial charge in [0.2, 0.25) is 0 Å². The van der Waals surface area contributed by atoms with Crippen molar-refractivity contribution in [3.8, 4) is 0 Å². The Morgan fingerprint density at radius 2 is 1.45 bits per heavy atom. The summed E-state index contributed by atoms with van der Waals surface area (Å²) in [6, 6.07) is 18.0. The summed E-state index contributed by atoms with van der Waals surface area (Å²) < 4.78 is 0. The number of nitrogens with one attached hydrogen (secondary N) is 2. The average molecular weight is 268 g/mol. The first-order chi connectivity index (χ1) is 9.75. The molecule has 2 aromatic carbocycles. The maximum atomic E-state index is 11.7. The number of hydrogen-bond acceptors (Lipinski definition) is 2. The van der Waals surface area contributed by atoms with Crippen LogP contribution in [0, 0.1) is 0 Å². The van der Waals surface area contributed by atoms with Gasteiger partial charge in [0, 0.05) is 12.1 Å². The van der Waals surface area contributed by atoms with Gasteiger partial charge in [-0.3, -0.25) is 10.1 Å². The van der Waals surface area contributed by atoms with Crippen LogP contribution in [-0.4, -0.2) is 18.5 Å². The fraction of sp³-hybridized carbons (Fsp3) is 0.125. The first kappa shape index (κ1) is 13.8. The number of imide groups is 1. The van der Waals surface area contributed by atoms with E-state index in [4.69, 9.17) is 0 Å². The molecule has 0 heterocycles. The van der Waals surface area contributed by atoms with Crippen LogP contribution in [0.15, 0.2) is 60.7 Å². The van der Waals surface area contributed by atoms with Gasteiger partial charge in [-0.2, -0.15) is 0 Å². The molecule has 0 aliphatic heterocycles. The minimum absolute atomic E-state index is 0.400. The minimum Gasteiger partial charge on any atom is -0.337 e. The minimum atomic E-state index is -0.477. The van der Waals surface area contributed by atoms with Crippen LogP contribution >= 0.6 is 0 Å². The van der Waals surface area contributed by atoms with Gasteiger partial charge in [-0.1, -0.05) is 48.5 Å². The van der Waals surface area contributed by atoms with Crippen molar-refractivity contribution in [2.45, 2.75) is 6.42 Å². The van der Waals surface area contributed by atoms with E-state index in [0.29, 0.717) is 12.1 Å². The Hall–Kier alpha value is -2.62. The molecule has 4 nitrogen and oxygen atoms in total. The fourth-order valence-corrected chi connectivity index (χ4v) is 1.77. The lowest BCUT2D eigenvalue weighted by atomic mass is 10.1. The van der Waals surface area contributed by atoms with Crippen LogP contribution in [0.2, 0.25) is 0 Å². The highest BCUT2D eigenvalue weighted by molar-refractivity contribution is 6.04. The molecule has 20 heavy (non-hydrogen) atoms. The highest BCUT2D eigenvalue weighted by Gasteiger charge is 2.08. The molecule has 0 aliphatic rings. The number of hydrogen-bond donors (Lipinski definition) is 2. The summed E-state index contributed by atoms with van der Waals surface area (Å²) in [5.41, 5.74) is 1.60. The van der Waals surface area contributed by atoms with E-state index in [1.165, 1.54) is 0 Å². The standard InChI is InChI=1S/C16H16N2O2/c19-15(14-9-5-2-6-10-14)18-16(20)17-12-11-13-7-3-1-4-8-13/h1-10H,11-12H2,(H2,17,18,19,20). The molecule has 0 atom stereocenters. The van der Waals surface area contributed by atoms with Crippen LogP contribution in [0.4, 0.5) is 4.79 Å². The lowest BCUT2D eigenvalue weighted by Gasteiger charge is -2.06. The predicted octanol–water partition coefficient (Wildman–Crippen LogP) is 2.37. The molecule has 0 aliphatic carbocycles. The van der Waals surface area contributed by atoms with Crippen LogP contribution in [0.3, 0.4) is 0 Å². The van der Waals surface area contributed by atoms with E-state index in [0.717, 1.165) is 12.0 Å². The molecule has 3 amide bonds. The maximum Gasteiger partial charge on any atom is 0.321 e. The molecule has 0 fully saturated rings. The van der Waals surface area contributed by atoms with Gasteiger partial charge in [-0.25, -0.2) is 4.79 Å². The third kappa shape index (κ3) is 4.24. The third-order valence-electron chi connectivity index (χ3n) is 2.81. The monoisotopic (exact) mass is 268 g/mol. The number of carbonyl (C=O) groups excluding carboxylic acids is 2. The molecule has 0 bridgehead atoms. The highest BCUT2D eigenvalue weighted by Crippen LogP contribution is 1.99. The molecule has 0 aromatic heterocycles. The molecule has 0 saturated carbocycles. The van der Waals surface area contributed by atoms with Crippen LogP contribution in [0.25, 0.3) is 0 Å². The largest absolute Gasteiger partial charge is 0.337 e. The first-order valence-corrected chi connectivity index (χ1v) is 6.44. The summed E-state index contributed by atoms with van der Waals surface area (Å²) in [5, 5.41) is 4.95. The normalized spacial score (nSPS) is 9.80. The van der Waals surface area contributed by atoms with E-state index in [2.05, 4.69) is 10.6 Å². The number of urea groups is 1. The lowest BCUT2D eigenvalue weighted by molar-refractivity contribution is 0.0964. The van der Waals surface area contributed by atoms with Crippen molar-refractivity contribution in [3.63, 3.8) is 0 Å². The van der Waals surface area contributed by atoms with Gasteiger partial charge < -0.3 is 5.32 Å². The van der Waals surface area contributed by atoms with Gasteiger partial charge in [0.25, 0.3) is 5.91 Å². The van der Waals surface area contributed by atoms with Gasteiger partial charge in [0.15, 0.2) is 0 Å². The number of carbonyl (C=O) groups is 2.